The summed E-state index contributed by atoms with van der Waals surface area (Å²) in [4.78, 5) is 25.1. The number of carbonyl (C=O) groups excluding carboxylic acids is 2. The van der Waals surface area contributed by atoms with Crippen molar-refractivity contribution in [2.24, 2.45) is 11.7 Å². The maximum absolute atomic E-state index is 12.7. The van der Waals surface area contributed by atoms with Crippen LogP contribution in [0, 0.1) is 12.8 Å². The zero-order chi connectivity index (χ0) is 19.8. The van der Waals surface area contributed by atoms with Gasteiger partial charge in [-0.3, -0.25) is 9.59 Å². The first-order chi connectivity index (χ1) is 12.9. The molecule has 0 aliphatic carbocycles. The number of carbonyl (C=O) groups is 2. The highest BCUT2D eigenvalue weighted by Gasteiger charge is 2.24. The molecule has 0 aliphatic rings. The van der Waals surface area contributed by atoms with Crippen LogP contribution in [-0.4, -0.2) is 31.0 Å². The number of nitrogens with two attached hydrogens (primary N) is 1. The lowest BCUT2D eigenvalue weighted by atomic mass is 10.0. The summed E-state index contributed by atoms with van der Waals surface area (Å²) in [5, 5.41) is 5.66. The Morgan fingerprint density at radius 3 is 2.18 bits per heavy atom. The van der Waals surface area contributed by atoms with Gasteiger partial charge in [0, 0.05) is 17.8 Å². The van der Waals surface area contributed by atoms with E-state index in [1.807, 2.05) is 32.9 Å². The molecule has 4 N–H and O–H groups in total. The SMILES string of the molecule is Cc1ccc(C(=O)NC(C(=O)Nc2ccc(OCCN)cc2)C(C)C)cc1.Cl. The number of hydrogen-bond donors (Lipinski definition) is 3. The van der Waals surface area contributed by atoms with Crippen LogP contribution in [0.4, 0.5) is 5.69 Å². The predicted octanol–water partition coefficient (Wildman–Crippen LogP) is 3.15. The van der Waals surface area contributed by atoms with Gasteiger partial charge < -0.3 is 21.1 Å². The van der Waals surface area contributed by atoms with Crippen molar-refractivity contribution in [3.05, 3.63) is 59.7 Å². The average Bonchev–Trinajstić information content (AvgIpc) is 2.65. The van der Waals surface area contributed by atoms with Gasteiger partial charge in [0.15, 0.2) is 0 Å². The molecule has 0 aromatic heterocycles. The highest BCUT2D eigenvalue weighted by molar-refractivity contribution is 6.01. The van der Waals surface area contributed by atoms with Crippen LogP contribution in [0.2, 0.25) is 0 Å². The fraction of sp³-hybridized carbons (Fsp3) is 0.333. The molecule has 2 aromatic carbocycles. The van der Waals surface area contributed by atoms with Gasteiger partial charge in [-0.2, -0.15) is 0 Å². The summed E-state index contributed by atoms with van der Waals surface area (Å²) in [6, 6.07) is 13.6. The molecular weight excluding hydrogens is 378 g/mol. The molecule has 1 unspecified atom stereocenters. The smallest absolute Gasteiger partial charge is 0.251 e. The number of halogens is 1. The number of anilines is 1. The Hall–Kier alpha value is -2.57. The molecule has 0 heterocycles. The van der Waals surface area contributed by atoms with Crippen molar-refractivity contribution in [3.63, 3.8) is 0 Å². The molecule has 0 radical (unpaired) electrons. The zero-order valence-corrected chi connectivity index (χ0v) is 17.2. The Morgan fingerprint density at radius 2 is 1.64 bits per heavy atom. The summed E-state index contributed by atoms with van der Waals surface area (Å²) in [7, 11) is 0. The molecule has 0 bridgehead atoms. The quantitative estimate of drug-likeness (QED) is 0.628. The summed E-state index contributed by atoms with van der Waals surface area (Å²) in [6.45, 7) is 6.62. The summed E-state index contributed by atoms with van der Waals surface area (Å²) < 4.78 is 5.42. The Bertz CT molecular complexity index is 761. The van der Waals surface area contributed by atoms with Crippen molar-refractivity contribution in [1.29, 1.82) is 0 Å². The van der Waals surface area contributed by atoms with E-state index in [9.17, 15) is 9.59 Å². The van der Waals surface area contributed by atoms with Crippen molar-refractivity contribution in [2.45, 2.75) is 26.8 Å². The lowest BCUT2D eigenvalue weighted by Crippen LogP contribution is -2.47. The van der Waals surface area contributed by atoms with Gasteiger partial charge >= 0.3 is 0 Å². The third-order valence-corrected chi connectivity index (χ3v) is 4.06. The Balaban J connectivity index is 0.00000392. The summed E-state index contributed by atoms with van der Waals surface area (Å²) in [6.07, 6.45) is 0. The molecule has 2 amide bonds. The van der Waals surface area contributed by atoms with Crippen LogP contribution in [-0.2, 0) is 4.79 Å². The van der Waals surface area contributed by atoms with Gasteiger partial charge in [0.05, 0.1) is 0 Å². The van der Waals surface area contributed by atoms with Crippen LogP contribution in [0.15, 0.2) is 48.5 Å². The number of rotatable bonds is 8. The van der Waals surface area contributed by atoms with Crippen molar-refractivity contribution in [3.8, 4) is 5.75 Å². The fourth-order valence-corrected chi connectivity index (χ4v) is 2.50. The number of amides is 2. The van der Waals surface area contributed by atoms with Gasteiger partial charge in [0.1, 0.15) is 18.4 Å². The van der Waals surface area contributed by atoms with Gasteiger partial charge in [-0.25, -0.2) is 0 Å². The van der Waals surface area contributed by atoms with Crippen molar-refractivity contribution in [1.82, 2.24) is 5.32 Å². The zero-order valence-electron chi connectivity index (χ0n) is 16.4. The van der Waals surface area contributed by atoms with Crippen LogP contribution in [0.25, 0.3) is 0 Å². The molecule has 7 heteroatoms. The minimum absolute atomic E-state index is 0. The van der Waals surface area contributed by atoms with Crippen LogP contribution in [0.1, 0.15) is 29.8 Å². The molecule has 152 valence electrons. The Kier molecular flexibility index (Phi) is 9.48. The first-order valence-corrected chi connectivity index (χ1v) is 9.02. The molecule has 1 atom stereocenters. The fourth-order valence-electron chi connectivity index (χ4n) is 2.50. The molecular formula is C21H28ClN3O3. The largest absolute Gasteiger partial charge is 0.492 e. The van der Waals surface area contributed by atoms with Crippen LogP contribution in [0.5, 0.6) is 5.75 Å². The number of ether oxygens (including phenoxy) is 1. The monoisotopic (exact) mass is 405 g/mol. The topological polar surface area (TPSA) is 93.5 Å². The number of aryl methyl sites for hydroxylation is 1. The molecule has 2 rings (SSSR count). The number of benzene rings is 2. The predicted molar refractivity (Wildman–Crippen MR) is 114 cm³/mol. The van der Waals surface area contributed by atoms with Gasteiger partial charge in [0.2, 0.25) is 5.91 Å². The van der Waals surface area contributed by atoms with Crippen molar-refractivity contribution >= 4 is 29.9 Å². The van der Waals surface area contributed by atoms with Crippen LogP contribution < -0.4 is 21.1 Å². The van der Waals surface area contributed by atoms with Crippen LogP contribution >= 0.6 is 12.4 Å². The normalized spacial score (nSPS) is 11.3. The summed E-state index contributed by atoms with van der Waals surface area (Å²) in [5.41, 5.74) is 7.64. The second kappa shape index (κ2) is 11.3. The summed E-state index contributed by atoms with van der Waals surface area (Å²) in [5.74, 6) is 0.0913. The van der Waals surface area contributed by atoms with E-state index in [0.29, 0.717) is 30.2 Å². The lowest BCUT2D eigenvalue weighted by Gasteiger charge is -2.22. The van der Waals surface area contributed by atoms with E-state index >= 15 is 0 Å². The van der Waals surface area contributed by atoms with Crippen molar-refractivity contribution < 1.29 is 14.3 Å². The maximum Gasteiger partial charge on any atom is 0.251 e. The van der Waals surface area contributed by atoms with Gasteiger partial charge in [-0.05, 0) is 49.2 Å². The molecule has 0 saturated carbocycles. The van der Waals surface area contributed by atoms with Crippen LogP contribution in [0.3, 0.4) is 0 Å². The second-order valence-electron chi connectivity index (χ2n) is 6.71. The average molecular weight is 406 g/mol. The van der Waals surface area contributed by atoms with Crippen molar-refractivity contribution in [2.75, 3.05) is 18.5 Å². The highest BCUT2D eigenvalue weighted by atomic mass is 35.5. The van der Waals surface area contributed by atoms with Gasteiger partial charge in [0.25, 0.3) is 5.91 Å². The van der Waals surface area contributed by atoms with E-state index in [4.69, 9.17) is 10.5 Å². The van der Waals surface area contributed by atoms with Gasteiger partial charge in [-0.1, -0.05) is 31.5 Å². The van der Waals surface area contributed by atoms with E-state index in [2.05, 4.69) is 10.6 Å². The second-order valence-corrected chi connectivity index (χ2v) is 6.71. The highest BCUT2D eigenvalue weighted by Crippen LogP contribution is 2.16. The summed E-state index contributed by atoms with van der Waals surface area (Å²) >= 11 is 0. The molecule has 28 heavy (non-hydrogen) atoms. The molecule has 0 aliphatic heterocycles. The van der Waals surface area contributed by atoms with E-state index in [0.717, 1.165) is 5.56 Å². The molecule has 0 saturated heterocycles. The number of hydrogen-bond acceptors (Lipinski definition) is 4. The standard InChI is InChI=1S/C21H27N3O3.ClH/c1-14(2)19(24-20(25)16-6-4-15(3)5-7-16)21(26)23-17-8-10-18(11-9-17)27-13-12-22;/h4-11,14,19H,12-13,22H2,1-3H3,(H,23,26)(H,24,25);1H. The maximum atomic E-state index is 12.7. The first-order valence-electron chi connectivity index (χ1n) is 9.02. The third-order valence-electron chi connectivity index (χ3n) is 4.06. The Morgan fingerprint density at radius 1 is 1.04 bits per heavy atom. The lowest BCUT2D eigenvalue weighted by molar-refractivity contribution is -0.118. The van der Waals surface area contributed by atoms with E-state index in [1.54, 1.807) is 36.4 Å². The van der Waals surface area contributed by atoms with E-state index < -0.39 is 6.04 Å². The minimum atomic E-state index is -0.646. The Labute approximate surface area is 172 Å². The molecule has 0 fully saturated rings. The minimum Gasteiger partial charge on any atom is -0.492 e. The van der Waals surface area contributed by atoms with Gasteiger partial charge in [-0.15, -0.1) is 12.4 Å². The molecule has 2 aromatic rings. The first kappa shape index (κ1) is 23.5. The van der Waals surface area contributed by atoms with E-state index in [-0.39, 0.29) is 30.1 Å². The molecule has 0 spiro atoms. The third kappa shape index (κ3) is 6.87. The molecule has 6 nitrogen and oxygen atoms in total. The number of nitrogens with one attached hydrogen (secondary N) is 2. The van der Waals surface area contributed by atoms with E-state index in [1.165, 1.54) is 0 Å².